The summed E-state index contributed by atoms with van der Waals surface area (Å²) in [6.07, 6.45) is 8.13. The number of allylic oxidation sites excluding steroid dienone is 1. The molecule has 30 heavy (non-hydrogen) atoms. The summed E-state index contributed by atoms with van der Waals surface area (Å²) < 4.78 is 10.2. The number of carbonyl (C=O) groups is 3. The molecule has 0 spiro atoms. The number of carbonyl (C=O) groups excluding carboxylic acids is 2. The second kappa shape index (κ2) is 9.63. The number of hydrogen-bond donors (Lipinski definition) is 1. The van der Waals surface area contributed by atoms with Gasteiger partial charge in [-0.2, -0.15) is 0 Å². The first-order chi connectivity index (χ1) is 14.0. The van der Waals surface area contributed by atoms with Crippen LogP contribution >= 0.6 is 0 Å². The standard InChI is InChI=1S/C15H22O2.C9H12O4/c1-9(2)14(16)17-15(3)12-5-10-4-11(7-12)8-13(15)6-10;1-6(8(10)11)4-5-7(2)9(12)13-3/h10-13H,1,4-8H2,2-3H3;4H,2,5H2,1,3H3,(H,10,11). The lowest BCUT2D eigenvalue weighted by Crippen LogP contribution is -2.58. The average molecular weight is 419 g/mol. The summed E-state index contributed by atoms with van der Waals surface area (Å²) >= 11 is 0. The van der Waals surface area contributed by atoms with E-state index in [4.69, 9.17) is 9.84 Å². The van der Waals surface area contributed by atoms with E-state index in [1.54, 1.807) is 6.92 Å². The number of rotatable bonds is 6. The van der Waals surface area contributed by atoms with Gasteiger partial charge in [-0.15, -0.1) is 0 Å². The Balaban J connectivity index is 0.000000224. The van der Waals surface area contributed by atoms with Gasteiger partial charge in [-0.05, 0) is 83.0 Å². The SMILES string of the molecule is C=C(C)C(=O)OC1(C)C2CC3CC(C2)CC1C3.C=C(CC=C(C)C(=O)O)C(=O)OC. The molecule has 0 aromatic rings. The van der Waals surface area contributed by atoms with Gasteiger partial charge in [0.05, 0.1) is 7.11 Å². The molecule has 6 heteroatoms. The van der Waals surface area contributed by atoms with Crippen LogP contribution in [0.2, 0.25) is 0 Å². The van der Waals surface area contributed by atoms with Crippen molar-refractivity contribution in [2.24, 2.45) is 23.7 Å². The third-order valence-electron chi connectivity index (χ3n) is 6.89. The Morgan fingerprint density at radius 3 is 1.90 bits per heavy atom. The molecule has 4 aliphatic carbocycles. The fraction of sp³-hybridized carbons (Fsp3) is 0.625. The second-order valence-corrected chi connectivity index (χ2v) is 9.15. The molecule has 0 aromatic carbocycles. The van der Waals surface area contributed by atoms with E-state index in [-0.39, 0.29) is 29.1 Å². The number of aliphatic carboxylic acids is 1. The largest absolute Gasteiger partial charge is 0.478 e. The maximum atomic E-state index is 11.8. The lowest BCUT2D eigenvalue weighted by molar-refractivity contribution is -0.199. The van der Waals surface area contributed by atoms with E-state index in [1.165, 1.54) is 52.2 Å². The molecule has 4 bridgehead atoms. The van der Waals surface area contributed by atoms with Crippen molar-refractivity contribution >= 4 is 17.9 Å². The molecule has 4 saturated carbocycles. The van der Waals surface area contributed by atoms with E-state index < -0.39 is 11.9 Å². The summed E-state index contributed by atoms with van der Waals surface area (Å²) in [6.45, 7) is 12.5. The van der Waals surface area contributed by atoms with Crippen LogP contribution in [-0.4, -0.2) is 35.7 Å². The molecule has 0 atom stereocenters. The summed E-state index contributed by atoms with van der Waals surface area (Å²) in [6, 6.07) is 0. The van der Waals surface area contributed by atoms with Gasteiger partial charge in [-0.1, -0.05) is 19.2 Å². The van der Waals surface area contributed by atoms with E-state index in [9.17, 15) is 14.4 Å². The zero-order valence-corrected chi connectivity index (χ0v) is 18.5. The highest BCUT2D eigenvalue weighted by Crippen LogP contribution is 2.59. The highest BCUT2D eigenvalue weighted by atomic mass is 16.6. The summed E-state index contributed by atoms with van der Waals surface area (Å²) in [5.74, 6) is 1.30. The summed E-state index contributed by atoms with van der Waals surface area (Å²) in [5, 5.41) is 8.48. The van der Waals surface area contributed by atoms with Gasteiger partial charge in [-0.3, -0.25) is 0 Å². The highest BCUT2D eigenvalue weighted by Gasteiger charge is 2.57. The van der Waals surface area contributed by atoms with Gasteiger partial charge in [0.25, 0.3) is 0 Å². The number of carboxylic acids is 1. The predicted molar refractivity (Wildman–Crippen MR) is 114 cm³/mol. The first-order valence-electron chi connectivity index (χ1n) is 10.5. The quantitative estimate of drug-likeness (QED) is 0.506. The fourth-order valence-electron chi connectivity index (χ4n) is 5.16. The topological polar surface area (TPSA) is 89.9 Å². The molecule has 0 heterocycles. The monoisotopic (exact) mass is 418 g/mol. The molecule has 6 nitrogen and oxygen atoms in total. The van der Waals surface area contributed by atoms with Crippen molar-refractivity contribution in [3.05, 3.63) is 36.0 Å². The number of ether oxygens (including phenoxy) is 2. The van der Waals surface area contributed by atoms with E-state index in [1.807, 2.05) is 0 Å². The van der Waals surface area contributed by atoms with Gasteiger partial charge in [-0.25, -0.2) is 14.4 Å². The molecule has 4 fully saturated rings. The van der Waals surface area contributed by atoms with Crippen LogP contribution in [0.1, 0.15) is 59.3 Å². The second-order valence-electron chi connectivity index (χ2n) is 9.15. The minimum absolute atomic E-state index is 0.185. The number of methoxy groups -OCH3 is 1. The Bertz CT molecular complexity index is 732. The molecule has 0 radical (unpaired) electrons. The summed E-state index contributed by atoms with van der Waals surface area (Å²) in [7, 11) is 1.25. The van der Waals surface area contributed by atoms with Crippen LogP contribution in [0.25, 0.3) is 0 Å². The molecule has 4 aliphatic rings. The van der Waals surface area contributed by atoms with Crippen LogP contribution in [0.5, 0.6) is 0 Å². The van der Waals surface area contributed by atoms with Crippen molar-refractivity contribution in [1.82, 2.24) is 0 Å². The molecule has 166 valence electrons. The number of hydrogen-bond acceptors (Lipinski definition) is 5. The van der Waals surface area contributed by atoms with Crippen LogP contribution in [-0.2, 0) is 23.9 Å². The van der Waals surface area contributed by atoms with Crippen LogP contribution in [0, 0.1) is 23.7 Å². The lowest BCUT2D eigenvalue weighted by atomic mass is 9.50. The smallest absolute Gasteiger partial charge is 0.333 e. The van der Waals surface area contributed by atoms with Gasteiger partial charge in [0.2, 0.25) is 0 Å². The Morgan fingerprint density at radius 1 is 1.00 bits per heavy atom. The van der Waals surface area contributed by atoms with Crippen LogP contribution < -0.4 is 0 Å². The summed E-state index contributed by atoms with van der Waals surface area (Å²) in [5.41, 5.74) is 0.747. The molecule has 0 amide bonds. The van der Waals surface area contributed by atoms with Gasteiger partial charge < -0.3 is 14.6 Å². The van der Waals surface area contributed by atoms with Crippen LogP contribution in [0.3, 0.4) is 0 Å². The van der Waals surface area contributed by atoms with Crippen molar-refractivity contribution in [2.45, 2.75) is 64.9 Å². The van der Waals surface area contributed by atoms with Crippen LogP contribution in [0.15, 0.2) is 36.0 Å². The van der Waals surface area contributed by atoms with Crippen molar-refractivity contribution in [3.8, 4) is 0 Å². The minimum Gasteiger partial charge on any atom is -0.478 e. The Hall–Kier alpha value is -2.37. The van der Waals surface area contributed by atoms with Crippen molar-refractivity contribution in [3.63, 3.8) is 0 Å². The Kier molecular flexibility index (Phi) is 7.67. The average Bonchev–Trinajstić information content (AvgIpc) is 2.69. The fourth-order valence-corrected chi connectivity index (χ4v) is 5.16. The first-order valence-corrected chi connectivity index (χ1v) is 10.5. The summed E-state index contributed by atoms with van der Waals surface area (Å²) in [4.78, 5) is 33.0. The maximum Gasteiger partial charge on any atom is 0.333 e. The Labute approximate surface area is 179 Å². The molecule has 0 aliphatic heterocycles. The molecule has 1 N–H and O–H groups in total. The number of carboxylic acid groups (broad SMARTS) is 1. The molecular formula is C24H34O6. The zero-order valence-electron chi connectivity index (χ0n) is 18.5. The highest BCUT2D eigenvalue weighted by molar-refractivity contribution is 5.89. The molecule has 4 rings (SSSR count). The van der Waals surface area contributed by atoms with Gasteiger partial charge in [0, 0.05) is 16.7 Å². The Morgan fingerprint density at radius 2 is 1.50 bits per heavy atom. The van der Waals surface area contributed by atoms with Crippen molar-refractivity contribution in [2.75, 3.05) is 7.11 Å². The van der Waals surface area contributed by atoms with E-state index >= 15 is 0 Å². The van der Waals surface area contributed by atoms with Gasteiger partial charge in [0.15, 0.2) is 0 Å². The lowest BCUT2D eigenvalue weighted by Gasteiger charge is -2.59. The van der Waals surface area contributed by atoms with E-state index in [0.29, 0.717) is 17.4 Å². The minimum atomic E-state index is -1.00. The van der Waals surface area contributed by atoms with Gasteiger partial charge in [0.1, 0.15) is 5.60 Å². The van der Waals surface area contributed by atoms with Crippen LogP contribution in [0.4, 0.5) is 0 Å². The zero-order chi connectivity index (χ0) is 22.6. The molecule has 0 saturated heterocycles. The van der Waals surface area contributed by atoms with E-state index in [2.05, 4.69) is 24.8 Å². The maximum absolute atomic E-state index is 11.8. The molecule has 0 aromatic heterocycles. The third kappa shape index (κ3) is 5.41. The normalized spacial score (nSPS) is 31.3. The predicted octanol–water partition coefficient (Wildman–Crippen LogP) is 4.46. The van der Waals surface area contributed by atoms with Gasteiger partial charge >= 0.3 is 17.9 Å². The van der Waals surface area contributed by atoms with Crippen molar-refractivity contribution in [1.29, 1.82) is 0 Å². The number of esters is 2. The van der Waals surface area contributed by atoms with E-state index in [0.717, 1.165) is 11.8 Å². The first kappa shape index (κ1) is 23.9. The third-order valence-corrected chi connectivity index (χ3v) is 6.89. The molecular weight excluding hydrogens is 384 g/mol. The van der Waals surface area contributed by atoms with Crippen molar-refractivity contribution < 1.29 is 29.0 Å². The molecule has 0 unspecified atom stereocenters.